The van der Waals surface area contributed by atoms with E-state index in [1.54, 1.807) is 0 Å². The Bertz CT molecular complexity index is 108. The van der Waals surface area contributed by atoms with Crippen molar-refractivity contribution in [3.63, 3.8) is 0 Å². The molecule has 0 aromatic carbocycles. The summed E-state index contributed by atoms with van der Waals surface area (Å²) in [5.41, 5.74) is 0. The maximum absolute atomic E-state index is 3.70. The third-order valence-corrected chi connectivity index (χ3v) is 6.97. The molecular formula is C9H26N2Si2. The highest BCUT2D eigenvalue weighted by atomic mass is 28.3. The number of hydrogen-bond donors (Lipinski definition) is 2. The summed E-state index contributed by atoms with van der Waals surface area (Å²) in [6.07, 6.45) is 0. The average molecular weight is 218 g/mol. The summed E-state index contributed by atoms with van der Waals surface area (Å²) in [5, 5.41) is 0. The van der Waals surface area contributed by atoms with Crippen LogP contribution in [0.25, 0.3) is 0 Å². The summed E-state index contributed by atoms with van der Waals surface area (Å²) in [6.45, 7) is 11.4. The monoisotopic (exact) mass is 218 g/mol. The van der Waals surface area contributed by atoms with Crippen molar-refractivity contribution in [1.29, 1.82) is 0 Å². The van der Waals surface area contributed by atoms with Gasteiger partial charge in [-0.3, -0.25) is 0 Å². The Morgan fingerprint density at radius 1 is 1.08 bits per heavy atom. The van der Waals surface area contributed by atoms with Gasteiger partial charge in [0, 0.05) is 9.52 Å². The first-order chi connectivity index (χ1) is 6.06. The van der Waals surface area contributed by atoms with Gasteiger partial charge in [-0.1, -0.05) is 40.3 Å². The molecule has 4 heteroatoms. The highest BCUT2D eigenvalue weighted by Gasteiger charge is 2.11. The van der Waals surface area contributed by atoms with E-state index in [9.17, 15) is 0 Å². The zero-order valence-electron chi connectivity index (χ0n) is 9.85. The molecule has 0 aliphatic carbocycles. The molecule has 80 valence electrons. The summed E-state index contributed by atoms with van der Waals surface area (Å²) < 4.78 is 0. The first-order valence-corrected chi connectivity index (χ1v) is 9.96. The lowest BCUT2D eigenvalue weighted by Gasteiger charge is -2.22. The molecule has 0 aromatic rings. The molecule has 2 N–H and O–H groups in total. The molecule has 0 atom stereocenters. The largest absolute Gasteiger partial charge is 0.326 e. The van der Waals surface area contributed by atoms with E-state index in [0.717, 1.165) is 0 Å². The molecule has 0 amide bonds. The van der Waals surface area contributed by atoms with E-state index in [2.05, 4.69) is 44.2 Å². The summed E-state index contributed by atoms with van der Waals surface area (Å²) in [7, 11) is -0.574. The fraction of sp³-hybridized carbons (Fsp3) is 1.00. The highest BCUT2D eigenvalue weighted by Crippen LogP contribution is 1.95. The molecule has 0 bridgehead atoms. The topological polar surface area (TPSA) is 24.1 Å². The second-order valence-electron chi connectivity index (χ2n) is 4.34. The molecule has 0 rings (SSSR count). The van der Waals surface area contributed by atoms with Crippen LogP contribution in [0.4, 0.5) is 0 Å². The van der Waals surface area contributed by atoms with Gasteiger partial charge in [0.2, 0.25) is 0 Å². The van der Waals surface area contributed by atoms with Crippen molar-refractivity contribution in [2.24, 2.45) is 0 Å². The van der Waals surface area contributed by atoms with Crippen molar-refractivity contribution >= 4 is 18.6 Å². The Morgan fingerprint density at radius 3 is 1.85 bits per heavy atom. The van der Waals surface area contributed by atoms with E-state index in [0.29, 0.717) is 12.1 Å². The Morgan fingerprint density at radius 2 is 1.54 bits per heavy atom. The van der Waals surface area contributed by atoms with E-state index in [1.807, 2.05) is 0 Å². The minimum atomic E-state index is -0.832. The van der Waals surface area contributed by atoms with E-state index >= 15 is 0 Å². The Balaban J connectivity index is 3.73. The van der Waals surface area contributed by atoms with Gasteiger partial charge in [0.15, 0.2) is 9.12 Å². The lowest BCUT2D eigenvalue weighted by atomic mass is 10.4. The van der Waals surface area contributed by atoms with Gasteiger partial charge in [-0.25, -0.2) is 0 Å². The molecule has 0 heterocycles. The molecule has 0 fully saturated rings. The standard InChI is InChI=1S/C9H26N2Si2/c1-8(2)10-13(7-6-12-5)11-9(3)4/h8-11,13H,6-7,12H2,1-5H3. The van der Waals surface area contributed by atoms with Gasteiger partial charge in [-0.15, -0.1) is 0 Å². The van der Waals surface area contributed by atoms with Gasteiger partial charge in [0.25, 0.3) is 0 Å². The third-order valence-electron chi connectivity index (χ3n) is 1.92. The molecule has 0 saturated heterocycles. The number of hydrogen-bond acceptors (Lipinski definition) is 2. The zero-order chi connectivity index (χ0) is 10.3. The van der Waals surface area contributed by atoms with Crippen LogP contribution in [0.3, 0.4) is 0 Å². The van der Waals surface area contributed by atoms with Crippen molar-refractivity contribution in [3.8, 4) is 0 Å². The molecule has 0 spiro atoms. The van der Waals surface area contributed by atoms with E-state index in [4.69, 9.17) is 0 Å². The van der Waals surface area contributed by atoms with Crippen LogP contribution >= 0.6 is 0 Å². The summed E-state index contributed by atoms with van der Waals surface area (Å²) >= 11 is 0. The molecule has 0 aromatic heterocycles. The van der Waals surface area contributed by atoms with Gasteiger partial charge in [-0.2, -0.15) is 0 Å². The zero-order valence-corrected chi connectivity index (χ0v) is 12.4. The predicted molar refractivity (Wildman–Crippen MR) is 67.7 cm³/mol. The quantitative estimate of drug-likeness (QED) is 0.619. The SMILES string of the molecule is C[SiH2]CC[SiH](NC(C)C)NC(C)C. The molecule has 0 radical (unpaired) electrons. The fourth-order valence-corrected chi connectivity index (χ4v) is 6.73. The molecule has 0 aliphatic rings. The maximum Gasteiger partial charge on any atom is 0.184 e. The molecule has 0 unspecified atom stereocenters. The van der Waals surface area contributed by atoms with Gasteiger partial charge >= 0.3 is 0 Å². The molecular weight excluding hydrogens is 192 g/mol. The average Bonchev–Trinajstić information content (AvgIpc) is 1.98. The van der Waals surface area contributed by atoms with Crippen molar-refractivity contribution in [2.75, 3.05) is 0 Å². The normalized spacial score (nSPS) is 12.9. The first kappa shape index (κ1) is 13.4. The lowest BCUT2D eigenvalue weighted by Crippen LogP contribution is -2.52. The van der Waals surface area contributed by atoms with Crippen LogP contribution in [0.15, 0.2) is 0 Å². The highest BCUT2D eigenvalue weighted by molar-refractivity contribution is 6.55. The fourth-order valence-electron chi connectivity index (χ4n) is 1.43. The lowest BCUT2D eigenvalue weighted by molar-refractivity contribution is 0.678. The Labute approximate surface area is 87.5 Å². The van der Waals surface area contributed by atoms with Crippen molar-refractivity contribution in [2.45, 2.75) is 58.4 Å². The Hall–Kier alpha value is 0.354. The van der Waals surface area contributed by atoms with Crippen molar-refractivity contribution in [1.82, 2.24) is 9.96 Å². The third kappa shape index (κ3) is 8.68. The molecule has 0 aliphatic heterocycles. The van der Waals surface area contributed by atoms with E-state index in [1.165, 1.54) is 12.1 Å². The second kappa shape index (κ2) is 7.73. The van der Waals surface area contributed by atoms with E-state index in [-0.39, 0.29) is 9.52 Å². The van der Waals surface area contributed by atoms with Crippen molar-refractivity contribution < 1.29 is 0 Å². The van der Waals surface area contributed by atoms with Gasteiger partial charge in [-0.05, 0) is 18.1 Å². The predicted octanol–water partition coefficient (Wildman–Crippen LogP) is 0.838. The minimum Gasteiger partial charge on any atom is -0.326 e. The summed E-state index contributed by atoms with van der Waals surface area (Å²) in [6, 6.07) is 4.21. The van der Waals surface area contributed by atoms with Gasteiger partial charge in [0.1, 0.15) is 0 Å². The van der Waals surface area contributed by atoms with Crippen LogP contribution in [0.1, 0.15) is 27.7 Å². The van der Waals surface area contributed by atoms with Gasteiger partial charge in [0.05, 0.1) is 0 Å². The molecule has 13 heavy (non-hydrogen) atoms. The van der Waals surface area contributed by atoms with Crippen LogP contribution in [0.2, 0.25) is 18.6 Å². The van der Waals surface area contributed by atoms with Crippen molar-refractivity contribution in [3.05, 3.63) is 0 Å². The minimum absolute atomic E-state index is 0.258. The van der Waals surface area contributed by atoms with E-state index < -0.39 is 9.12 Å². The summed E-state index contributed by atoms with van der Waals surface area (Å²) in [5.74, 6) is 0. The van der Waals surface area contributed by atoms with Crippen LogP contribution in [0, 0.1) is 0 Å². The number of rotatable bonds is 7. The van der Waals surface area contributed by atoms with Crippen LogP contribution in [0.5, 0.6) is 0 Å². The smallest absolute Gasteiger partial charge is 0.184 e. The molecule has 2 nitrogen and oxygen atoms in total. The molecule has 0 saturated carbocycles. The van der Waals surface area contributed by atoms with Gasteiger partial charge < -0.3 is 9.96 Å². The van der Waals surface area contributed by atoms with Crippen LogP contribution < -0.4 is 9.96 Å². The number of nitrogens with one attached hydrogen (secondary N) is 2. The summed E-state index contributed by atoms with van der Waals surface area (Å²) in [4.78, 5) is 7.39. The second-order valence-corrected chi connectivity index (χ2v) is 8.39. The van der Waals surface area contributed by atoms with Crippen LogP contribution in [-0.2, 0) is 0 Å². The Kier molecular flexibility index (Phi) is 7.94. The van der Waals surface area contributed by atoms with Crippen LogP contribution in [-0.4, -0.2) is 30.7 Å². The first-order valence-electron chi connectivity index (χ1n) is 5.58. The maximum atomic E-state index is 3.70.